The van der Waals surface area contributed by atoms with Crippen LogP contribution in [-0.4, -0.2) is 23.9 Å². The van der Waals surface area contributed by atoms with Gasteiger partial charge in [0.05, 0.1) is 18.5 Å². The number of nitrogens with zero attached hydrogens (tertiary/aromatic N) is 1. The maximum absolute atomic E-state index is 12.2. The highest BCUT2D eigenvalue weighted by atomic mass is 32.2. The van der Waals surface area contributed by atoms with Crippen molar-refractivity contribution >= 4 is 17.7 Å². The Hall–Kier alpha value is -2.92. The van der Waals surface area contributed by atoms with Crippen LogP contribution in [0, 0.1) is 0 Å². The number of carbonyl (C=O) groups is 1. The molecule has 1 aromatic heterocycles. The Morgan fingerprint density at radius 3 is 2.39 bits per heavy atom. The van der Waals surface area contributed by atoms with Gasteiger partial charge in [-0.3, -0.25) is 10.8 Å². The minimum absolute atomic E-state index is 0.0575. The summed E-state index contributed by atoms with van der Waals surface area (Å²) in [7, 11) is 0. The fourth-order valence-electron chi connectivity index (χ4n) is 2.05. The van der Waals surface area contributed by atoms with Crippen molar-refractivity contribution < 1.29 is 27.4 Å². The fourth-order valence-corrected chi connectivity index (χ4v) is 2.82. The number of hydrogen-bond donors (Lipinski definition) is 3. The lowest BCUT2D eigenvalue weighted by atomic mass is 10.1. The van der Waals surface area contributed by atoms with Gasteiger partial charge in [-0.15, -0.1) is 13.2 Å². The van der Waals surface area contributed by atoms with Gasteiger partial charge in [0, 0.05) is 10.5 Å². The molecule has 150 valence electrons. The number of pyridine rings is 1. The van der Waals surface area contributed by atoms with E-state index in [1.807, 2.05) is 0 Å². The van der Waals surface area contributed by atoms with Crippen LogP contribution in [0.3, 0.4) is 0 Å². The standard InChI is InChI=1S/C17H17F3N4O3S/c1-2-26-16(25)14(24-22)15(21)28-12-6-3-10(4-7-12)13-8-5-11(9-23-13)27-17(18,19)20/h3-9,24H,2,21-22H2,1H3/b15-14+. The Morgan fingerprint density at radius 1 is 1.21 bits per heavy atom. The van der Waals surface area contributed by atoms with Gasteiger partial charge in [0.1, 0.15) is 10.8 Å². The highest BCUT2D eigenvalue weighted by molar-refractivity contribution is 8.03. The van der Waals surface area contributed by atoms with Crippen LogP contribution in [0.4, 0.5) is 13.2 Å². The number of alkyl halides is 3. The summed E-state index contributed by atoms with van der Waals surface area (Å²) in [5.74, 6) is 4.25. The first-order valence-corrected chi connectivity index (χ1v) is 8.68. The molecule has 1 heterocycles. The summed E-state index contributed by atoms with van der Waals surface area (Å²) >= 11 is 1.09. The first-order chi connectivity index (χ1) is 13.2. The SMILES string of the molecule is CCOC(=O)/C(NN)=C(/N)Sc1ccc(-c2ccc(OC(F)(F)F)cn2)cc1. The Kier molecular flexibility index (Phi) is 7.12. The number of carbonyl (C=O) groups excluding carboxylic acids is 1. The molecule has 11 heteroatoms. The van der Waals surface area contributed by atoms with Gasteiger partial charge in [0.2, 0.25) is 0 Å². The second kappa shape index (κ2) is 9.33. The van der Waals surface area contributed by atoms with Crippen molar-refractivity contribution in [2.24, 2.45) is 11.6 Å². The molecule has 0 aliphatic rings. The second-order valence-electron chi connectivity index (χ2n) is 5.16. The topological polar surface area (TPSA) is 112 Å². The maximum atomic E-state index is 12.2. The van der Waals surface area contributed by atoms with E-state index in [4.69, 9.17) is 16.3 Å². The molecule has 28 heavy (non-hydrogen) atoms. The van der Waals surface area contributed by atoms with Gasteiger partial charge >= 0.3 is 12.3 Å². The smallest absolute Gasteiger partial charge is 0.461 e. The maximum Gasteiger partial charge on any atom is 0.573 e. The van der Waals surface area contributed by atoms with Crippen LogP contribution < -0.4 is 21.7 Å². The van der Waals surface area contributed by atoms with Gasteiger partial charge in [0.25, 0.3) is 0 Å². The molecular weight excluding hydrogens is 397 g/mol. The number of benzene rings is 1. The van der Waals surface area contributed by atoms with Crippen LogP contribution in [0.1, 0.15) is 6.92 Å². The molecule has 1 aromatic carbocycles. The van der Waals surface area contributed by atoms with E-state index in [0.29, 0.717) is 16.2 Å². The molecular formula is C17H17F3N4O3S. The average Bonchev–Trinajstić information content (AvgIpc) is 2.62. The van der Waals surface area contributed by atoms with Crippen LogP contribution in [-0.2, 0) is 9.53 Å². The van der Waals surface area contributed by atoms with Crippen LogP contribution in [0.25, 0.3) is 11.3 Å². The molecule has 5 N–H and O–H groups in total. The number of esters is 1. The molecule has 0 fully saturated rings. The van der Waals surface area contributed by atoms with Crippen molar-refractivity contribution in [2.75, 3.05) is 6.61 Å². The van der Waals surface area contributed by atoms with E-state index in [9.17, 15) is 18.0 Å². The van der Waals surface area contributed by atoms with Crippen molar-refractivity contribution in [3.8, 4) is 17.0 Å². The van der Waals surface area contributed by atoms with E-state index in [0.717, 1.165) is 18.0 Å². The Bertz CT molecular complexity index is 840. The molecule has 0 atom stereocenters. The number of hydrazine groups is 1. The monoisotopic (exact) mass is 414 g/mol. The molecule has 0 unspecified atom stereocenters. The number of aromatic nitrogens is 1. The number of nitrogens with two attached hydrogens (primary N) is 2. The predicted octanol–water partition coefficient (Wildman–Crippen LogP) is 2.89. The second-order valence-corrected chi connectivity index (χ2v) is 6.27. The third kappa shape index (κ3) is 6.06. The van der Waals surface area contributed by atoms with E-state index in [1.54, 1.807) is 31.2 Å². The molecule has 7 nitrogen and oxygen atoms in total. The van der Waals surface area contributed by atoms with Gasteiger partial charge in [-0.1, -0.05) is 23.9 Å². The van der Waals surface area contributed by atoms with Gasteiger partial charge in [-0.2, -0.15) is 0 Å². The molecule has 0 aliphatic heterocycles. The van der Waals surface area contributed by atoms with Gasteiger partial charge in [0.15, 0.2) is 5.70 Å². The molecule has 0 aliphatic carbocycles. The van der Waals surface area contributed by atoms with Crippen LogP contribution >= 0.6 is 11.8 Å². The zero-order chi connectivity index (χ0) is 20.7. The highest BCUT2D eigenvalue weighted by Crippen LogP contribution is 2.28. The normalized spacial score (nSPS) is 12.2. The summed E-state index contributed by atoms with van der Waals surface area (Å²) in [5, 5.41) is 0.125. The van der Waals surface area contributed by atoms with Crippen LogP contribution in [0.2, 0.25) is 0 Å². The lowest BCUT2D eigenvalue weighted by Crippen LogP contribution is -2.30. The Balaban J connectivity index is 2.12. The minimum Gasteiger partial charge on any atom is -0.461 e. The number of ether oxygens (including phenoxy) is 2. The number of halogens is 3. The minimum atomic E-state index is -4.77. The molecule has 2 rings (SSSR count). The summed E-state index contributed by atoms with van der Waals surface area (Å²) in [6.45, 7) is 1.83. The Morgan fingerprint density at radius 2 is 1.89 bits per heavy atom. The molecule has 0 amide bonds. The summed E-state index contributed by atoms with van der Waals surface area (Å²) in [4.78, 5) is 16.4. The molecule has 2 aromatic rings. The van der Waals surface area contributed by atoms with E-state index in [1.165, 1.54) is 12.1 Å². The molecule has 0 spiro atoms. The number of hydrogen-bond acceptors (Lipinski definition) is 8. The van der Waals surface area contributed by atoms with Crippen molar-refractivity contribution in [1.82, 2.24) is 10.4 Å². The van der Waals surface area contributed by atoms with Gasteiger partial charge in [-0.05, 0) is 31.2 Å². The summed E-state index contributed by atoms with van der Waals surface area (Å²) < 4.78 is 45.2. The summed E-state index contributed by atoms with van der Waals surface area (Å²) in [6.07, 6.45) is -3.78. The van der Waals surface area contributed by atoms with Crippen molar-refractivity contribution in [2.45, 2.75) is 18.2 Å². The van der Waals surface area contributed by atoms with E-state index in [-0.39, 0.29) is 17.3 Å². The summed E-state index contributed by atoms with van der Waals surface area (Å²) in [6, 6.07) is 9.44. The lowest BCUT2D eigenvalue weighted by molar-refractivity contribution is -0.274. The highest BCUT2D eigenvalue weighted by Gasteiger charge is 2.31. The molecule has 0 saturated heterocycles. The van der Waals surface area contributed by atoms with Crippen molar-refractivity contribution in [3.05, 3.63) is 53.3 Å². The molecule has 0 radical (unpaired) electrons. The molecule has 0 saturated carbocycles. The van der Waals surface area contributed by atoms with Crippen molar-refractivity contribution in [1.29, 1.82) is 0 Å². The molecule has 0 bridgehead atoms. The number of rotatable bonds is 7. The third-order valence-electron chi connectivity index (χ3n) is 3.22. The van der Waals surface area contributed by atoms with Crippen molar-refractivity contribution in [3.63, 3.8) is 0 Å². The first-order valence-electron chi connectivity index (χ1n) is 7.87. The van der Waals surface area contributed by atoms with Gasteiger partial charge < -0.3 is 20.6 Å². The third-order valence-corrected chi connectivity index (χ3v) is 4.15. The lowest BCUT2D eigenvalue weighted by Gasteiger charge is -2.10. The Labute approximate surface area is 162 Å². The number of nitrogens with one attached hydrogen (secondary N) is 1. The van der Waals surface area contributed by atoms with Crippen LogP contribution in [0.5, 0.6) is 5.75 Å². The zero-order valence-corrected chi connectivity index (χ0v) is 15.4. The van der Waals surface area contributed by atoms with E-state index >= 15 is 0 Å². The van der Waals surface area contributed by atoms with E-state index in [2.05, 4.69) is 15.1 Å². The first kappa shape index (κ1) is 21.4. The zero-order valence-electron chi connectivity index (χ0n) is 14.6. The predicted molar refractivity (Wildman–Crippen MR) is 97.4 cm³/mol. The fraction of sp³-hybridized carbons (Fsp3) is 0.176. The largest absolute Gasteiger partial charge is 0.573 e. The van der Waals surface area contributed by atoms with Crippen LogP contribution in [0.15, 0.2) is 58.2 Å². The quantitative estimate of drug-likeness (QED) is 0.208. The summed E-state index contributed by atoms with van der Waals surface area (Å²) in [5.41, 5.74) is 9.19. The average molecular weight is 414 g/mol. The number of thioether (sulfide) groups is 1. The van der Waals surface area contributed by atoms with E-state index < -0.39 is 18.1 Å². The van der Waals surface area contributed by atoms with Gasteiger partial charge in [-0.25, -0.2) is 4.79 Å².